The van der Waals surface area contributed by atoms with Crippen molar-refractivity contribution in [3.05, 3.63) is 94.0 Å². The normalized spacial score (nSPS) is 11.4. The number of carbonyl (C=O) groups is 1. The fourth-order valence-electron chi connectivity index (χ4n) is 3.25. The number of halogens is 1. The Morgan fingerprint density at radius 1 is 1.00 bits per heavy atom. The molecule has 3 aromatic carbocycles. The van der Waals surface area contributed by atoms with Crippen LogP contribution in [0.25, 0.3) is 11.1 Å². The van der Waals surface area contributed by atoms with E-state index in [0.29, 0.717) is 16.3 Å². The summed E-state index contributed by atoms with van der Waals surface area (Å²) in [6.45, 7) is 5.41. The van der Waals surface area contributed by atoms with Gasteiger partial charge < -0.3 is 9.68 Å². The van der Waals surface area contributed by atoms with E-state index in [1.54, 1.807) is 13.0 Å². The van der Waals surface area contributed by atoms with Gasteiger partial charge in [-0.2, -0.15) is 0 Å². The lowest BCUT2D eigenvalue weighted by Crippen LogP contribution is -2.14. The van der Waals surface area contributed by atoms with Gasteiger partial charge in [-0.1, -0.05) is 81.9 Å². The van der Waals surface area contributed by atoms with Gasteiger partial charge in [-0.15, -0.1) is 0 Å². The highest BCUT2D eigenvalue weighted by molar-refractivity contribution is 6.45. The van der Waals surface area contributed by atoms with Crippen molar-refractivity contribution in [1.82, 2.24) is 0 Å². The summed E-state index contributed by atoms with van der Waals surface area (Å²) in [5.74, 6) is 6.00. The summed E-state index contributed by atoms with van der Waals surface area (Å²) < 4.78 is 0. The van der Waals surface area contributed by atoms with Crippen LogP contribution < -0.4 is 0 Å². The maximum absolute atomic E-state index is 12.0. The maximum Gasteiger partial charge on any atom is 0.182 e. The molecule has 3 aromatic rings. The highest BCUT2D eigenvalue weighted by atomic mass is 35.5. The lowest BCUT2D eigenvalue weighted by Gasteiger charge is -2.08. The molecule has 34 heavy (non-hydrogen) atoms. The molecule has 0 saturated carbocycles. The number of aryl methyl sites for hydroxylation is 1. The number of Topliss-reactive ketones (excluding diaryl/α,β-unsaturated/α-hetero) is 1. The van der Waals surface area contributed by atoms with Gasteiger partial charge in [-0.05, 0) is 49.1 Å². The Morgan fingerprint density at radius 2 is 1.74 bits per heavy atom. The minimum Gasteiger partial charge on any atom is -0.399 e. The van der Waals surface area contributed by atoms with Crippen molar-refractivity contribution in [2.24, 2.45) is 10.3 Å². The first kappa shape index (κ1) is 24.8. The predicted molar refractivity (Wildman–Crippen MR) is 137 cm³/mol. The first-order valence-electron chi connectivity index (χ1n) is 10.6. The van der Waals surface area contributed by atoms with Crippen LogP contribution in [-0.4, -0.2) is 24.3 Å². The zero-order valence-electron chi connectivity index (χ0n) is 19.6. The molecule has 0 amide bonds. The van der Waals surface area contributed by atoms with Crippen molar-refractivity contribution < 1.29 is 14.5 Å². The topological polar surface area (TPSA) is 60.2 Å². The summed E-state index contributed by atoms with van der Waals surface area (Å²) in [5, 5.41) is 8.62. The van der Waals surface area contributed by atoms with Gasteiger partial charge in [-0.3, -0.25) is 4.79 Å². The molecule has 3 rings (SSSR count). The van der Waals surface area contributed by atoms with Crippen molar-refractivity contribution in [2.75, 3.05) is 7.11 Å². The zero-order valence-corrected chi connectivity index (χ0v) is 20.3. The molecule has 0 saturated heterocycles. The van der Waals surface area contributed by atoms with Crippen LogP contribution in [0.5, 0.6) is 0 Å². The summed E-state index contributed by atoms with van der Waals surface area (Å²) in [7, 11) is 1.40. The molecule has 0 fully saturated rings. The van der Waals surface area contributed by atoms with E-state index in [-0.39, 0.29) is 18.1 Å². The fourth-order valence-corrected chi connectivity index (χ4v) is 3.42. The van der Waals surface area contributed by atoms with Crippen LogP contribution in [0.15, 0.2) is 77.0 Å². The number of hydrogen-bond acceptors (Lipinski definition) is 5. The minimum atomic E-state index is -0.202. The molecule has 0 bridgehead atoms. The molecule has 0 radical (unpaired) electrons. The number of oxime groups is 2. The van der Waals surface area contributed by atoms with Crippen LogP contribution >= 0.6 is 11.6 Å². The predicted octanol–water partition coefficient (Wildman–Crippen LogP) is 6.20. The number of rotatable bonds is 7. The van der Waals surface area contributed by atoms with Crippen molar-refractivity contribution in [1.29, 1.82) is 0 Å². The first-order chi connectivity index (χ1) is 16.4. The van der Waals surface area contributed by atoms with E-state index in [1.165, 1.54) is 19.6 Å². The Bertz CT molecular complexity index is 1300. The Morgan fingerprint density at radius 3 is 2.44 bits per heavy atom. The van der Waals surface area contributed by atoms with E-state index in [2.05, 4.69) is 46.4 Å². The SMILES string of the molecule is CO/N=C(/C(C)=O)c1ccccc1CO/N=C(\C)C#Cc1ccc(Cl)cc1-c1ccc(C)cc1. The molecule has 0 spiro atoms. The van der Waals surface area contributed by atoms with Gasteiger partial charge in [0, 0.05) is 28.6 Å². The second-order valence-corrected chi connectivity index (χ2v) is 8.03. The zero-order chi connectivity index (χ0) is 24.5. The smallest absolute Gasteiger partial charge is 0.182 e. The molecule has 0 unspecified atom stereocenters. The number of hydrogen-bond donors (Lipinski definition) is 0. The molecule has 172 valence electrons. The molecule has 0 aliphatic carbocycles. The fraction of sp³-hybridized carbons (Fsp3) is 0.179. The van der Waals surface area contributed by atoms with E-state index < -0.39 is 0 Å². The molecule has 0 atom stereocenters. The van der Waals surface area contributed by atoms with Crippen LogP contribution in [0.2, 0.25) is 5.02 Å². The standard InChI is InChI=1S/C28H25ClN2O3/c1-19-9-12-22(13-10-19)27-17-25(29)16-15-23(27)14-11-20(2)30-34-18-24-7-5-6-8-26(24)28(21(3)32)31-33-4/h5-10,12-13,15-17H,18H2,1-4H3/b30-20+,31-28-. The highest BCUT2D eigenvalue weighted by Crippen LogP contribution is 2.27. The summed E-state index contributed by atoms with van der Waals surface area (Å²) in [5.41, 5.74) is 6.17. The number of nitrogens with zero attached hydrogens (tertiary/aromatic N) is 2. The van der Waals surface area contributed by atoms with Crippen LogP contribution in [0.1, 0.15) is 36.1 Å². The number of carbonyl (C=O) groups excluding carboxylic acids is 1. The van der Waals surface area contributed by atoms with E-state index in [4.69, 9.17) is 21.3 Å². The summed E-state index contributed by atoms with van der Waals surface area (Å²) in [6.07, 6.45) is 0. The van der Waals surface area contributed by atoms with Crippen molar-refractivity contribution in [3.63, 3.8) is 0 Å². The minimum absolute atomic E-state index is 0.154. The Balaban J connectivity index is 1.78. The van der Waals surface area contributed by atoms with Crippen molar-refractivity contribution >= 4 is 28.8 Å². The van der Waals surface area contributed by atoms with Crippen LogP contribution in [0.4, 0.5) is 0 Å². The van der Waals surface area contributed by atoms with Gasteiger partial charge in [-0.25, -0.2) is 0 Å². The lowest BCUT2D eigenvalue weighted by molar-refractivity contribution is -0.111. The average Bonchev–Trinajstić information content (AvgIpc) is 2.82. The molecule has 0 aliphatic heterocycles. The molecule has 0 aromatic heterocycles. The number of benzene rings is 3. The van der Waals surface area contributed by atoms with Crippen LogP contribution in [0, 0.1) is 18.8 Å². The monoisotopic (exact) mass is 472 g/mol. The van der Waals surface area contributed by atoms with Gasteiger partial charge in [0.25, 0.3) is 0 Å². The number of ketones is 1. The third-order valence-corrected chi connectivity index (χ3v) is 5.17. The van der Waals surface area contributed by atoms with Crippen molar-refractivity contribution in [2.45, 2.75) is 27.4 Å². The largest absolute Gasteiger partial charge is 0.399 e. The quantitative estimate of drug-likeness (QED) is 0.234. The molecule has 0 N–H and O–H groups in total. The van der Waals surface area contributed by atoms with E-state index in [1.807, 2.05) is 43.3 Å². The second-order valence-electron chi connectivity index (χ2n) is 7.59. The summed E-state index contributed by atoms with van der Waals surface area (Å²) >= 11 is 6.23. The Kier molecular flexibility index (Phi) is 8.61. The van der Waals surface area contributed by atoms with Gasteiger partial charge in [0.2, 0.25) is 0 Å². The maximum atomic E-state index is 12.0. The molecule has 5 nitrogen and oxygen atoms in total. The van der Waals surface area contributed by atoms with Gasteiger partial charge in [0.05, 0.1) is 0 Å². The molecule has 6 heteroatoms. The third-order valence-electron chi connectivity index (χ3n) is 4.93. The van der Waals surface area contributed by atoms with Gasteiger partial charge in [0.1, 0.15) is 19.4 Å². The van der Waals surface area contributed by atoms with Gasteiger partial charge in [0.15, 0.2) is 11.5 Å². The van der Waals surface area contributed by atoms with E-state index in [0.717, 1.165) is 22.3 Å². The molecular weight excluding hydrogens is 448 g/mol. The molecule has 0 aliphatic rings. The lowest BCUT2D eigenvalue weighted by atomic mass is 9.99. The summed E-state index contributed by atoms with van der Waals surface area (Å²) in [4.78, 5) is 22.3. The second kappa shape index (κ2) is 11.8. The summed E-state index contributed by atoms with van der Waals surface area (Å²) in [6, 6.07) is 21.2. The molecular formula is C28H25ClN2O3. The van der Waals surface area contributed by atoms with Crippen molar-refractivity contribution in [3.8, 4) is 23.0 Å². The average molecular weight is 473 g/mol. The third kappa shape index (κ3) is 6.57. The van der Waals surface area contributed by atoms with Crippen LogP contribution in [0.3, 0.4) is 0 Å². The highest BCUT2D eigenvalue weighted by Gasteiger charge is 2.14. The van der Waals surface area contributed by atoms with E-state index >= 15 is 0 Å². The first-order valence-corrected chi connectivity index (χ1v) is 11.0. The van der Waals surface area contributed by atoms with E-state index in [9.17, 15) is 4.79 Å². The van der Waals surface area contributed by atoms with Gasteiger partial charge >= 0.3 is 0 Å². The Labute approximate surface area is 205 Å². The van der Waals surface area contributed by atoms with Crippen LogP contribution in [-0.2, 0) is 21.1 Å². The Hall–Kier alpha value is -3.88. The molecule has 0 heterocycles.